The summed E-state index contributed by atoms with van der Waals surface area (Å²) in [6.07, 6.45) is 1.78. The van der Waals surface area contributed by atoms with E-state index in [0.29, 0.717) is 0 Å². The molecule has 0 fully saturated rings. The Kier molecular flexibility index (Phi) is 4.22. The van der Waals surface area contributed by atoms with Gasteiger partial charge in [0.15, 0.2) is 0 Å². The van der Waals surface area contributed by atoms with E-state index in [1.807, 2.05) is 36.4 Å². The number of rotatable bonds is 6. The molecule has 3 rings (SSSR count). The summed E-state index contributed by atoms with van der Waals surface area (Å²) >= 11 is 0. The van der Waals surface area contributed by atoms with Crippen LogP contribution in [0.2, 0.25) is 0 Å². The summed E-state index contributed by atoms with van der Waals surface area (Å²) in [5.41, 5.74) is 0. The molecular weight excluding hydrogens is 262 g/mol. The molecule has 108 valence electrons. The van der Waals surface area contributed by atoms with Crippen LogP contribution in [0.5, 0.6) is 5.75 Å². The molecule has 1 N–H and O–H groups in total. The van der Waals surface area contributed by atoms with E-state index < -0.39 is 0 Å². The Morgan fingerprint density at radius 3 is 2.76 bits per heavy atom. The summed E-state index contributed by atoms with van der Waals surface area (Å²) in [6.45, 7) is 3.55. The molecule has 0 radical (unpaired) electrons. The Morgan fingerprint density at radius 1 is 1.05 bits per heavy atom. The van der Waals surface area contributed by atoms with Gasteiger partial charge in [0.1, 0.15) is 17.6 Å². The number of benzene rings is 2. The van der Waals surface area contributed by atoms with Crippen molar-refractivity contribution >= 4 is 10.8 Å². The van der Waals surface area contributed by atoms with Crippen LogP contribution in [0.1, 0.15) is 12.7 Å². The molecule has 21 heavy (non-hydrogen) atoms. The van der Waals surface area contributed by atoms with E-state index in [-0.39, 0.29) is 6.10 Å². The number of hydrogen-bond donors (Lipinski definition) is 1. The smallest absolute Gasteiger partial charge is 0.127 e. The highest BCUT2D eigenvalue weighted by atomic mass is 16.5. The van der Waals surface area contributed by atoms with Crippen molar-refractivity contribution in [1.29, 1.82) is 0 Å². The van der Waals surface area contributed by atoms with Crippen LogP contribution in [-0.4, -0.2) is 12.6 Å². The normalized spacial score (nSPS) is 12.4. The molecule has 1 aromatic heterocycles. The number of ether oxygens (including phenoxy) is 1. The number of furan rings is 1. The second-order valence-electron chi connectivity index (χ2n) is 5.12. The minimum atomic E-state index is 0.0887. The van der Waals surface area contributed by atoms with Gasteiger partial charge in [-0.2, -0.15) is 0 Å². The van der Waals surface area contributed by atoms with Crippen molar-refractivity contribution in [3.63, 3.8) is 0 Å². The van der Waals surface area contributed by atoms with E-state index in [1.165, 1.54) is 5.39 Å². The van der Waals surface area contributed by atoms with Crippen molar-refractivity contribution in [2.24, 2.45) is 0 Å². The first-order valence-electron chi connectivity index (χ1n) is 7.20. The molecule has 0 aliphatic rings. The minimum absolute atomic E-state index is 0.0887. The molecule has 1 unspecified atom stereocenters. The SMILES string of the molecule is CC(CNCc1ccco1)Oc1cccc2ccccc12. The summed E-state index contributed by atoms with van der Waals surface area (Å²) in [6, 6.07) is 18.3. The van der Waals surface area contributed by atoms with Gasteiger partial charge in [-0.3, -0.25) is 0 Å². The predicted octanol–water partition coefficient (Wildman–Crippen LogP) is 3.99. The lowest BCUT2D eigenvalue weighted by molar-refractivity contribution is 0.218. The zero-order valence-electron chi connectivity index (χ0n) is 12.1. The predicted molar refractivity (Wildman–Crippen MR) is 84.5 cm³/mol. The molecule has 1 atom stereocenters. The van der Waals surface area contributed by atoms with Crippen LogP contribution in [0.15, 0.2) is 65.3 Å². The second-order valence-corrected chi connectivity index (χ2v) is 5.12. The highest BCUT2D eigenvalue weighted by Crippen LogP contribution is 2.25. The van der Waals surface area contributed by atoms with Gasteiger partial charge < -0.3 is 14.5 Å². The largest absolute Gasteiger partial charge is 0.489 e. The van der Waals surface area contributed by atoms with Crippen LogP contribution in [0, 0.1) is 0 Å². The Bertz CT molecular complexity index is 686. The highest BCUT2D eigenvalue weighted by Gasteiger charge is 2.07. The molecule has 3 nitrogen and oxygen atoms in total. The standard InChI is InChI=1S/C18H19NO2/c1-14(12-19-13-16-8-5-11-20-16)21-18-10-4-7-15-6-2-3-9-17(15)18/h2-11,14,19H,12-13H2,1H3. The Balaban J connectivity index is 1.59. The quantitative estimate of drug-likeness (QED) is 0.742. The van der Waals surface area contributed by atoms with Gasteiger partial charge in [-0.25, -0.2) is 0 Å². The molecule has 0 amide bonds. The summed E-state index contributed by atoms with van der Waals surface area (Å²) in [5, 5.41) is 5.69. The molecule has 3 aromatic rings. The van der Waals surface area contributed by atoms with Gasteiger partial charge in [0.2, 0.25) is 0 Å². The topological polar surface area (TPSA) is 34.4 Å². The van der Waals surface area contributed by atoms with E-state index >= 15 is 0 Å². The van der Waals surface area contributed by atoms with Gasteiger partial charge >= 0.3 is 0 Å². The Morgan fingerprint density at radius 2 is 1.90 bits per heavy atom. The lowest BCUT2D eigenvalue weighted by atomic mass is 10.1. The van der Waals surface area contributed by atoms with Gasteiger partial charge in [-0.1, -0.05) is 36.4 Å². The fourth-order valence-corrected chi connectivity index (χ4v) is 2.37. The first kappa shape index (κ1) is 13.7. The maximum absolute atomic E-state index is 6.05. The maximum Gasteiger partial charge on any atom is 0.127 e. The van der Waals surface area contributed by atoms with Crippen molar-refractivity contribution in [2.75, 3.05) is 6.54 Å². The zero-order chi connectivity index (χ0) is 14.5. The zero-order valence-corrected chi connectivity index (χ0v) is 12.1. The van der Waals surface area contributed by atoms with Crippen molar-refractivity contribution < 1.29 is 9.15 Å². The second kappa shape index (κ2) is 6.46. The first-order valence-corrected chi connectivity index (χ1v) is 7.20. The van der Waals surface area contributed by atoms with E-state index in [1.54, 1.807) is 6.26 Å². The van der Waals surface area contributed by atoms with Crippen molar-refractivity contribution in [2.45, 2.75) is 19.6 Å². The third kappa shape index (κ3) is 3.44. The first-order chi connectivity index (χ1) is 10.3. The van der Waals surface area contributed by atoms with Gasteiger partial charge in [0.05, 0.1) is 12.8 Å². The third-order valence-electron chi connectivity index (χ3n) is 3.39. The monoisotopic (exact) mass is 281 g/mol. The van der Waals surface area contributed by atoms with E-state index in [4.69, 9.17) is 9.15 Å². The fourth-order valence-electron chi connectivity index (χ4n) is 2.37. The van der Waals surface area contributed by atoms with E-state index in [9.17, 15) is 0 Å². The fraction of sp³-hybridized carbons (Fsp3) is 0.222. The van der Waals surface area contributed by atoms with E-state index in [2.05, 4.69) is 30.4 Å². The number of hydrogen-bond acceptors (Lipinski definition) is 3. The van der Waals surface area contributed by atoms with Crippen LogP contribution in [-0.2, 0) is 6.54 Å². The third-order valence-corrected chi connectivity index (χ3v) is 3.39. The van der Waals surface area contributed by atoms with Crippen LogP contribution in [0.25, 0.3) is 10.8 Å². The summed E-state index contributed by atoms with van der Waals surface area (Å²) in [4.78, 5) is 0. The molecule has 1 heterocycles. The van der Waals surface area contributed by atoms with Crippen LogP contribution in [0.4, 0.5) is 0 Å². The van der Waals surface area contributed by atoms with Crippen molar-refractivity contribution in [3.8, 4) is 5.75 Å². The van der Waals surface area contributed by atoms with Gasteiger partial charge in [0, 0.05) is 11.9 Å². The molecule has 0 aliphatic carbocycles. The highest BCUT2D eigenvalue weighted by molar-refractivity contribution is 5.88. The number of nitrogens with one attached hydrogen (secondary N) is 1. The summed E-state index contributed by atoms with van der Waals surface area (Å²) in [5.74, 6) is 1.87. The van der Waals surface area contributed by atoms with Crippen LogP contribution in [0.3, 0.4) is 0 Å². The average molecular weight is 281 g/mol. The van der Waals surface area contributed by atoms with Crippen molar-refractivity contribution in [3.05, 3.63) is 66.6 Å². The molecule has 0 saturated heterocycles. The Labute approximate surface area is 124 Å². The van der Waals surface area contributed by atoms with Crippen LogP contribution < -0.4 is 10.1 Å². The maximum atomic E-state index is 6.05. The molecule has 0 saturated carbocycles. The van der Waals surface area contributed by atoms with Gasteiger partial charge in [-0.05, 0) is 30.5 Å². The molecular formula is C18H19NO2. The lowest BCUT2D eigenvalue weighted by Crippen LogP contribution is -2.28. The molecule has 0 bridgehead atoms. The number of fused-ring (bicyclic) bond motifs is 1. The Hall–Kier alpha value is -2.26. The molecule has 3 heteroatoms. The lowest BCUT2D eigenvalue weighted by Gasteiger charge is -2.16. The summed E-state index contributed by atoms with van der Waals surface area (Å²) < 4.78 is 11.3. The van der Waals surface area contributed by atoms with Crippen molar-refractivity contribution in [1.82, 2.24) is 5.32 Å². The molecule has 0 aliphatic heterocycles. The van der Waals surface area contributed by atoms with E-state index in [0.717, 1.165) is 30.0 Å². The van der Waals surface area contributed by atoms with Gasteiger partial charge in [0.25, 0.3) is 0 Å². The minimum Gasteiger partial charge on any atom is -0.489 e. The molecule has 0 spiro atoms. The van der Waals surface area contributed by atoms with Crippen LogP contribution >= 0.6 is 0 Å². The average Bonchev–Trinajstić information content (AvgIpc) is 3.01. The van der Waals surface area contributed by atoms with Gasteiger partial charge in [-0.15, -0.1) is 0 Å². The summed E-state index contributed by atoms with van der Waals surface area (Å²) in [7, 11) is 0. The molecule has 2 aromatic carbocycles.